The number of nitrogens with zero attached hydrogens (tertiary/aromatic N) is 3. The molecule has 5 nitrogen and oxygen atoms in total. The van der Waals surface area contributed by atoms with Crippen LogP contribution in [0.3, 0.4) is 0 Å². The summed E-state index contributed by atoms with van der Waals surface area (Å²) in [5, 5.41) is 3.16. The van der Waals surface area contributed by atoms with E-state index >= 15 is 0 Å². The molecule has 4 rings (SSSR count). The van der Waals surface area contributed by atoms with Gasteiger partial charge in [-0.1, -0.05) is 36.4 Å². The molecule has 2 aromatic heterocycles. The standard InChI is InChI=1S/C23H19FN4O/c1-15-7-6-14-25-22(15)26-16(2)20-21(17-8-4-3-5-9-17)27-28(23(20)29)19-12-10-18(24)11-13-19/h3-14,27H,1-2H3/b26-16+. The molecule has 144 valence electrons. The number of aryl methyl sites for hydroxylation is 1. The fourth-order valence-electron chi connectivity index (χ4n) is 3.17. The third kappa shape index (κ3) is 3.65. The predicted octanol–water partition coefficient (Wildman–Crippen LogP) is 4.82. The molecular formula is C23H19FN4O. The highest BCUT2D eigenvalue weighted by Crippen LogP contribution is 2.23. The van der Waals surface area contributed by atoms with Crippen LogP contribution in [0.1, 0.15) is 18.1 Å². The molecule has 1 N–H and O–H groups in total. The van der Waals surface area contributed by atoms with E-state index in [1.165, 1.54) is 16.8 Å². The van der Waals surface area contributed by atoms with E-state index < -0.39 is 0 Å². The second kappa shape index (κ2) is 7.67. The molecule has 0 saturated carbocycles. The summed E-state index contributed by atoms with van der Waals surface area (Å²) in [7, 11) is 0. The maximum atomic E-state index is 13.3. The summed E-state index contributed by atoms with van der Waals surface area (Å²) in [6.45, 7) is 3.71. The third-order valence-corrected chi connectivity index (χ3v) is 4.66. The number of aromatic amines is 1. The van der Waals surface area contributed by atoms with E-state index in [4.69, 9.17) is 0 Å². The Morgan fingerprint density at radius 2 is 1.76 bits per heavy atom. The van der Waals surface area contributed by atoms with Crippen molar-refractivity contribution in [1.29, 1.82) is 0 Å². The molecule has 0 unspecified atom stereocenters. The summed E-state index contributed by atoms with van der Waals surface area (Å²) < 4.78 is 14.7. The Bertz CT molecular complexity index is 1240. The molecule has 2 heterocycles. The molecule has 0 radical (unpaired) electrons. The first-order valence-corrected chi connectivity index (χ1v) is 9.18. The maximum absolute atomic E-state index is 13.3. The molecule has 6 heteroatoms. The Morgan fingerprint density at radius 1 is 1.03 bits per heavy atom. The van der Waals surface area contributed by atoms with Crippen molar-refractivity contribution in [3.63, 3.8) is 0 Å². The summed E-state index contributed by atoms with van der Waals surface area (Å²) >= 11 is 0. The molecule has 4 aromatic rings. The Hall–Kier alpha value is -3.80. The molecule has 0 saturated heterocycles. The Morgan fingerprint density at radius 3 is 2.45 bits per heavy atom. The van der Waals surface area contributed by atoms with Crippen molar-refractivity contribution in [3.8, 4) is 16.9 Å². The minimum Gasteiger partial charge on any atom is -0.290 e. The van der Waals surface area contributed by atoms with Crippen LogP contribution in [0.2, 0.25) is 0 Å². The number of hydrogen-bond acceptors (Lipinski definition) is 3. The van der Waals surface area contributed by atoms with E-state index in [2.05, 4.69) is 15.1 Å². The van der Waals surface area contributed by atoms with Crippen LogP contribution in [0.15, 0.2) is 82.7 Å². The predicted molar refractivity (Wildman–Crippen MR) is 113 cm³/mol. The van der Waals surface area contributed by atoms with Gasteiger partial charge in [0.1, 0.15) is 5.82 Å². The normalized spacial score (nSPS) is 11.6. The molecule has 0 atom stereocenters. The lowest BCUT2D eigenvalue weighted by Gasteiger charge is -2.04. The fourth-order valence-corrected chi connectivity index (χ4v) is 3.17. The molecule has 0 aliphatic heterocycles. The van der Waals surface area contributed by atoms with Gasteiger partial charge in [0.15, 0.2) is 5.82 Å². The first-order chi connectivity index (χ1) is 14.0. The van der Waals surface area contributed by atoms with Gasteiger partial charge in [0.2, 0.25) is 0 Å². The van der Waals surface area contributed by atoms with Crippen molar-refractivity contribution in [3.05, 3.63) is 100 Å². The summed E-state index contributed by atoms with van der Waals surface area (Å²) in [5.41, 5.74) is 3.70. The van der Waals surface area contributed by atoms with Crippen LogP contribution in [-0.2, 0) is 0 Å². The van der Waals surface area contributed by atoms with Crippen molar-refractivity contribution in [1.82, 2.24) is 14.8 Å². The molecule has 0 bridgehead atoms. The number of hydrogen-bond donors (Lipinski definition) is 1. The van der Waals surface area contributed by atoms with Gasteiger partial charge < -0.3 is 0 Å². The highest BCUT2D eigenvalue weighted by atomic mass is 19.1. The van der Waals surface area contributed by atoms with Gasteiger partial charge in [-0.25, -0.2) is 19.0 Å². The van der Waals surface area contributed by atoms with Crippen LogP contribution in [0.5, 0.6) is 0 Å². The zero-order valence-electron chi connectivity index (χ0n) is 16.1. The fraction of sp³-hybridized carbons (Fsp3) is 0.0870. The third-order valence-electron chi connectivity index (χ3n) is 4.66. The summed E-state index contributed by atoms with van der Waals surface area (Å²) in [6.07, 6.45) is 1.67. The lowest BCUT2D eigenvalue weighted by atomic mass is 10.1. The highest BCUT2D eigenvalue weighted by Gasteiger charge is 2.19. The second-order valence-electron chi connectivity index (χ2n) is 6.69. The van der Waals surface area contributed by atoms with Crippen molar-refractivity contribution >= 4 is 11.5 Å². The molecule has 29 heavy (non-hydrogen) atoms. The average Bonchev–Trinajstić information content (AvgIpc) is 3.08. The zero-order chi connectivity index (χ0) is 20.4. The van der Waals surface area contributed by atoms with Gasteiger partial charge in [-0.15, -0.1) is 0 Å². The van der Waals surface area contributed by atoms with E-state index in [9.17, 15) is 9.18 Å². The number of H-pyrrole nitrogens is 1. The first kappa shape index (κ1) is 18.6. The lowest BCUT2D eigenvalue weighted by molar-refractivity contribution is 0.627. The molecule has 2 aromatic carbocycles. The van der Waals surface area contributed by atoms with Crippen LogP contribution in [0, 0.1) is 12.7 Å². The van der Waals surface area contributed by atoms with E-state index in [1.807, 2.05) is 49.4 Å². The lowest BCUT2D eigenvalue weighted by Crippen LogP contribution is -2.19. The zero-order valence-corrected chi connectivity index (χ0v) is 16.1. The van der Waals surface area contributed by atoms with Gasteiger partial charge in [-0.3, -0.25) is 9.89 Å². The molecular weight excluding hydrogens is 367 g/mol. The van der Waals surface area contributed by atoms with E-state index in [0.29, 0.717) is 28.5 Å². The minimum atomic E-state index is -0.361. The number of aromatic nitrogens is 3. The van der Waals surface area contributed by atoms with E-state index in [1.54, 1.807) is 25.3 Å². The van der Waals surface area contributed by atoms with Crippen molar-refractivity contribution in [2.24, 2.45) is 4.99 Å². The Balaban J connectivity index is 1.93. The number of aliphatic imine (C=N–C) groups is 1. The Kier molecular flexibility index (Phi) is 4.91. The number of benzene rings is 2. The monoisotopic (exact) mass is 386 g/mol. The Labute approximate surface area is 167 Å². The smallest absolute Gasteiger partial charge is 0.280 e. The number of pyridine rings is 1. The van der Waals surface area contributed by atoms with Gasteiger partial charge >= 0.3 is 0 Å². The van der Waals surface area contributed by atoms with Gasteiger partial charge in [-0.2, -0.15) is 0 Å². The van der Waals surface area contributed by atoms with Crippen LogP contribution in [0.25, 0.3) is 16.9 Å². The number of nitrogens with one attached hydrogen (secondary N) is 1. The van der Waals surface area contributed by atoms with Crippen LogP contribution < -0.4 is 5.56 Å². The molecule has 0 amide bonds. The highest BCUT2D eigenvalue weighted by molar-refractivity contribution is 6.04. The minimum absolute atomic E-state index is 0.259. The second-order valence-corrected chi connectivity index (χ2v) is 6.69. The van der Waals surface area contributed by atoms with Gasteiger partial charge in [0.25, 0.3) is 5.56 Å². The number of rotatable bonds is 4. The van der Waals surface area contributed by atoms with Crippen molar-refractivity contribution in [2.45, 2.75) is 13.8 Å². The number of halogens is 1. The summed E-state index contributed by atoms with van der Waals surface area (Å²) in [5.74, 6) is 0.207. The van der Waals surface area contributed by atoms with Gasteiger partial charge in [-0.05, 0) is 49.7 Å². The topological polar surface area (TPSA) is 63.0 Å². The first-order valence-electron chi connectivity index (χ1n) is 9.18. The van der Waals surface area contributed by atoms with Crippen LogP contribution in [-0.4, -0.2) is 20.5 Å². The molecule has 0 aliphatic carbocycles. The van der Waals surface area contributed by atoms with Gasteiger partial charge in [0, 0.05) is 11.8 Å². The quantitative estimate of drug-likeness (QED) is 0.511. The maximum Gasteiger partial charge on any atom is 0.280 e. The van der Waals surface area contributed by atoms with Crippen molar-refractivity contribution in [2.75, 3.05) is 0 Å². The van der Waals surface area contributed by atoms with E-state index in [-0.39, 0.29) is 11.4 Å². The largest absolute Gasteiger partial charge is 0.290 e. The summed E-state index contributed by atoms with van der Waals surface area (Å²) in [4.78, 5) is 22.2. The van der Waals surface area contributed by atoms with E-state index in [0.717, 1.165) is 11.1 Å². The average molecular weight is 386 g/mol. The van der Waals surface area contributed by atoms with Gasteiger partial charge in [0.05, 0.1) is 22.7 Å². The van der Waals surface area contributed by atoms with Crippen LogP contribution in [0.4, 0.5) is 10.2 Å². The summed E-state index contributed by atoms with van der Waals surface area (Å²) in [6, 6.07) is 19.1. The molecule has 0 spiro atoms. The van der Waals surface area contributed by atoms with Crippen LogP contribution >= 0.6 is 0 Å². The molecule has 0 fully saturated rings. The van der Waals surface area contributed by atoms with Crippen molar-refractivity contribution < 1.29 is 4.39 Å². The molecule has 0 aliphatic rings. The SMILES string of the molecule is C/C(=N\c1ncccc1C)c1c(-c2ccccc2)[nH]n(-c2ccc(F)cc2)c1=O.